The SMILES string of the molecule is CCCN(CC1CC1)c1cc(-n2cnc(N(C)c3ccccc3)n2)ccn1. The summed E-state index contributed by atoms with van der Waals surface area (Å²) in [5.41, 5.74) is 2.04. The summed E-state index contributed by atoms with van der Waals surface area (Å²) in [5.74, 6) is 2.53. The second kappa shape index (κ2) is 7.78. The first-order valence-corrected chi connectivity index (χ1v) is 9.66. The number of aromatic nitrogens is 4. The largest absolute Gasteiger partial charge is 0.356 e. The van der Waals surface area contributed by atoms with Crippen LogP contribution in [0.1, 0.15) is 26.2 Å². The van der Waals surface area contributed by atoms with Crippen LogP contribution in [-0.2, 0) is 0 Å². The maximum atomic E-state index is 4.66. The molecule has 1 saturated carbocycles. The van der Waals surface area contributed by atoms with Gasteiger partial charge in [-0.15, -0.1) is 5.10 Å². The molecule has 0 radical (unpaired) electrons. The smallest absolute Gasteiger partial charge is 0.249 e. The minimum atomic E-state index is 0.669. The highest BCUT2D eigenvalue weighted by Gasteiger charge is 2.24. The van der Waals surface area contributed by atoms with Crippen LogP contribution in [0, 0.1) is 5.92 Å². The summed E-state index contributed by atoms with van der Waals surface area (Å²) < 4.78 is 1.82. The van der Waals surface area contributed by atoms with Crippen molar-refractivity contribution >= 4 is 17.5 Å². The van der Waals surface area contributed by atoms with E-state index in [4.69, 9.17) is 0 Å². The third-order valence-electron chi connectivity index (χ3n) is 4.91. The van der Waals surface area contributed by atoms with Gasteiger partial charge < -0.3 is 9.80 Å². The maximum absolute atomic E-state index is 4.66. The summed E-state index contributed by atoms with van der Waals surface area (Å²) in [7, 11) is 1.98. The normalized spacial score (nSPS) is 13.6. The Kier molecular flexibility index (Phi) is 5.05. The molecule has 4 rings (SSSR count). The lowest BCUT2D eigenvalue weighted by Crippen LogP contribution is -2.27. The Hall–Kier alpha value is -2.89. The van der Waals surface area contributed by atoms with Gasteiger partial charge in [-0.25, -0.2) is 9.67 Å². The van der Waals surface area contributed by atoms with Gasteiger partial charge in [-0.2, -0.15) is 4.98 Å². The highest BCUT2D eigenvalue weighted by atomic mass is 15.4. The molecule has 6 nitrogen and oxygen atoms in total. The topological polar surface area (TPSA) is 50.1 Å². The zero-order valence-corrected chi connectivity index (χ0v) is 16.0. The average molecular weight is 362 g/mol. The molecule has 1 aliphatic rings. The molecular formula is C21H26N6. The second-order valence-electron chi connectivity index (χ2n) is 7.15. The van der Waals surface area contributed by atoms with Gasteiger partial charge in [-0.05, 0) is 43.4 Å². The fourth-order valence-electron chi connectivity index (χ4n) is 3.20. The summed E-state index contributed by atoms with van der Waals surface area (Å²) in [5, 5.41) is 4.66. The van der Waals surface area contributed by atoms with Crippen LogP contribution in [0.5, 0.6) is 0 Å². The molecule has 0 unspecified atom stereocenters. The summed E-state index contributed by atoms with van der Waals surface area (Å²) in [6.07, 6.45) is 7.44. The Morgan fingerprint density at radius 1 is 1.11 bits per heavy atom. The molecule has 0 saturated heterocycles. The molecule has 3 aromatic rings. The Morgan fingerprint density at radius 3 is 2.67 bits per heavy atom. The molecule has 0 atom stereocenters. The summed E-state index contributed by atoms with van der Waals surface area (Å²) in [6, 6.07) is 14.2. The molecule has 0 spiro atoms. The van der Waals surface area contributed by atoms with Crippen LogP contribution in [0.2, 0.25) is 0 Å². The van der Waals surface area contributed by atoms with E-state index in [-0.39, 0.29) is 0 Å². The number of para-hydroxylation sites is 1. The summed E-state index contributed by atoms with van der Waals surface area (Å²) >= 11 is 0. The van der Waals surface area contributed by atoms with E-state index >= 15 is 0 Å². The average Bonchev–Trinajstić information content (AvgIpc) is 3.40. The Morgan fingerprint density at radius 2 is 1.93 bits per heavy atom. The summed E-state index contributed by atoms with van der Waals surface area (Å²) in [4.78, 5) is 13.5. The molecule has 1 aromatic carbocycles. The lowest BCUT2D eigenvalue weighted by Gasteiger charge is -2.23. The minimum Gasteiger partial charge on any atom is -0.356 e. The molecule has 6 heteroatoms. The Labute approximate surface area is 160 Å². The molecule has 0 bridgehead atoms. The zero-order chi connectivity index (χ0) is 18.6. The maximum Gasteiger partial charge on any atom is 0.249 e. The molecule has 2 aromatic heterocycles. The van der Waals surface area contributed by atoms with Gasteiger partial charge in [0.2, 0.25) is 5.95 Å². The molecule has 0 aliphatic heterocycles. The van der Waals surface area contributed by atoms with Crippen molar-refractivity contribution in [2.45, 2.75) is 26.2 Å². The first kappa shape index (κ1) is 17.5. The predicted octanol–water partition coefficient (Wildman–Crippen LogP) is 4.06. The number of anilines is 3. The monoisotopic (exact) mass is 362 g/mol. The van der Waals surface area contributed by atoms with Gasteiger partial charge in [-0.1, -0.05) is 25.1 Å². The van der Waals surface area contributed by atoms with Gasteiger partial charge in [0.25, 0.3) is 0 Å². The number of nitrogens with zero attached hydrogens (tertiary/aromatic N) is 6. The number of rotatable bonds is 8. The molecule has 0 N–H and O–H groups in total. The van der Waals surface area contributed by atoms with Gasteiger partial charge in [0, 0.05) is 38.1 Å². The molecule has 1 aliphatic carbocycles. The van der Waals surface area contributed by atoms with Gasteiger partial charge in [0.15, 0.2) is 0 Å². The lowest BCUT2D eigenvalue weighted by atomic mass is 10.3. The fourth-order valence-corrected chi connectivity index (χ4v) is 3.20. The number of benzene rings is 1. The van der Waals surface area contributed by atoms with Crippen LogP contribution in [0.4, 0.5) is 17.5 Å². The van der Waals surface area contributed by atoms with Crippen molar-refractivity contribution in [2.75, 3.05) is 29.9 Å². The van der Waals surface area contributed by atoms with E-state index in [1.807, 2.05) is 59.2 Å². The van der Waals surface area contributed by atoms with E-state index < -0.39 is 0 Å². The molecule has 2 heterocycles. The van der Waals surface area contributed by atoms with Crippen LogP contribution in [0.3, 0.4) is 0 Å². The van der Waals surface area contributed by atoms with E-state index in [9.17, 15) is 0 Å². The molecule has 1 fully saturated rings. The molecular weight excluding hydrogens is 336 g/mol. The van der Waals surface area contributed by atoms with Crippen LogP contribution in [0.15, 0.2) is 55.0 Å². The molecule has 140 valence electrons. The minimum absolute atomic E-state index is 0.669. The number of pyridine rings is 1. The standard InChI is InChI=1S/C21H26N6/c1-3-13-26(15-17-9-10-17)20-14-19(11-12-22-20)27-16-23-21(24-27)25(2)18-7-5-4-6-8-18/h4-8,11-12,14,16-17H,3,9-10,13,15H2,1-2H3. The van der Waals surface area contributed by atoms with E-state index in [1.54, 1.807) is 6.33 Å². The predicted molar refractivity (Wildman–Crippen MR) is 109 cm³/mol. The van der Waals surface area contributed by atoms with Crippen molar-refractivity contribution in [1.29, 1.82) is 0 Å². The fraction of sp³-hybridized carbons (Fsp3) is 0.381. The van der Waals surface area contributed by atoms with Crippen molar-refractivity contribution in [3.63, 3.8) is 0 Å². The Bertz CT molecular complexity index is 871. The van der Waals surface area contributed by atoms with Crippen molar-refractivity contribution in [2.24, 2.45) is 5.92 Å². The number of hydrogen-bond acceptors (Lipinski definition) is 5. The van der Waals surface area contributed by atoms with E-state index in [2.05, 4.69) is 33.0 Å². The third kappa shape index (κ3) is 4.10. The van der Waals surface area contributed by atoms with Crippen LogP contribution in [-0.4, -0.2) is 39.9 Å². The summed E-state index contributed by atoms with van der Waals surface area (Å²) in [6.45, 7) is 4.35. The van der Waals surface area contributed by atoms with Crippen molar-refractivity contribution in [3.05, 3.63) is 55.0 Å². The quantitative estimate of drug-likeness (QED) is 0.605. The van der Waals surface area contributed by atoms with E-state index in [0.29, 0.717) is 5.95 Å². The van der Waals surface area contributed by atoms with Gasteiger partial charge in [0.05, 0.1) is 5.69 Å². The molecule has 0 amide bonds. The Balaban J connectivity index is 1.56. The highest BCUT2D eigenvalue weighted by molar-refractivity contribution is 5.56. The zero-order valence-electron chi connectivity index (χ0n) is 16.0. The van der Waals surface area contributed by atoms with Crippen molar-refractivity contribution in [3.8, 4) is 5.69 Å². The van der Waals surface area contributed by atoms with Crippen LogP contribution >= 0.6 is 0 Å². The second-order valence-corrected chi connectivity index (χ2v) is 7.15. The first-order valence-electron chi connectivity index (χ1n) is 9.66. The van der Waals surface area contributed by atoms with Gasteiger partial charge in [-0.3, -0.25) is 0 Å². The molecule has 27 heavy (non-hydrogen) atoms. The lowest BCUT2D eigenvalue weighted by molar-refractivity contribution is 0.698. The van der Waals surface area contributed by atoms with Gasteiger partial charge in [0.1, 0.15) is 12.1 Å². The van der Waals surface area contributed by atoms with Crippen LogP contribution < -0.4 is 9.80 Å². The van der Waals surface area contributed by atoms with Crippen LogP contribution in [0.25, 0.3) is 5.69 Å². The van der Waals surface area contributed by atoms with E-state index in [0.717, 1.165) is 42.6 Å². The third-order valence-corrected chi connectivity index (χ3v) is 4.91. The number of hydrogen-bond donors (Lipinski definition) is 0. The highest BCUT2D eigenvalue weighted by Crippen LogP contribution is 2.31. The van der Waals surface area contributed by atoms with Crippen molar-refractivity contribution < 1.29 is 0 Å². The van der Waals surface area contributed by atoms with Crippen molar-refractivity contribution in [1.82, 2.24) is 19.7 Å². The first-order chi connectivity index (χ1) is 13.2. The van der Waals surface area contributed by atoms with E-state index in [1.165, 1.54) is 12.8 Å². The van der Waals surface area contributed by atoms with Gasteiger partial charge >= 0.3 is 0 Å².